The molecule has 20 heavy (non-hydrogen) atoms. The summed E-state index contributed by atoms with van der Waals surface area (Å²) in [5.74, 6) is -1.29. The molecular formula is C16H25NO3. The zero-order valence-corrected chi connectivity index (χ0v) is 12.8. The first-order valence-corrected chi connectivity index (χ1v) is 6.99. The number of aliphatic hydroxyl groups is 1. The lowest BCUT2D eigenvalue weighted by atomic mass is 10.00. The summed E-state index contributed by atoms with van der Waals surface area (Å²) in [5, 5.41) is 18.8. The van der Waals surface area contributed by atoms with Gasteiger partial charge in [0.05, 0.1) is 11.5 Å². The van der Waals surface area contributed by atoms with Crippen LogP contribution in [0.25, 0.3) is 0 Å². The summed E-state index contributed by atoms with van der Waals surface area (Å²) >= 11 is 0. The number of hydrogen-bond donors (Lipinski definition) is 2. The highest BCUT2D eigenvalue weighted by Gasteiger charge is 2.18. The van der Waals surface area contributed by atoms with Crippen LogP contribution in [0.1, 0.15) is 44.7 Å². The summed E-state index contributed by atoms with van der Waals surface area (Å²) < 4.78 is 0. The quantitative estimate of drug-likeness (QED) is 0.805. The van der Waals surface area contributed by atoms with Crippen LogP contribution >= 0.6 is 0 Å². The van der Waals surface area contributed by atoms with Gasteiger partial charge in [-0.05, 0) is 38.4 Å². The van der Waals surface area contributed by atoms with E-state index < -0.39 is 17.5 Å². The Morgan fingerprint density at radius 3 is 2.25 bits per heavy atom. The molecule has 1 aromatic rings. The minimum absolute atomic E-state index is 0.484. The van der Waals surface area contributed by atoms with Gasteiger partial charge in [-0.25, -0.2) is 0 Å². The summed E-state index contributed by atoms with van der Waals surface area (Å²) in [5.41, 5.74) is 1.22. The van der Waals surface area contributed by atoms with Crippen LogP contribution in [0.3, 0.4) is 0 Å². The summed E-state index contributed by atoms with van der Waals surface area (Å²) in [6.07, 6.45) is 0. The molecule has 1 unspecified atom stereocenters. The second kappa shape index (κ2) is 6.86. The summed E-state index contributed by atoms with van der Waals surface area (Å²) in [6.45, 7) is 9.56. The van der Waals surface area contributed by atoms with Gasteiger partial charge in [0.25, 0.3) is 0 Å². The number of carboxylic acid groups (broad SMARTS) is 1. The van der Waals surface area contributed by atoms with Gasteiger partial charge >= 0.3 is 5.97 Å². The molecule has 4 nitrogen and oxygen atoms in total. The Morgan fingerprint density at radius 2 is 1.85 bits per heavy atom. The molecule has 0 amide bonds. The van der Waals surface area contributed by atoms with Gasteiger partial charge in [-0.2, -0.15) is 0 Å². The van der Waals surface area contributed by atoms with E-state index in [4.69, 9.17) is 5.11 Å². The van der Waals surface area contributed by atoms with Crippen molar-refractivity contribution in [2.75, 3.05) is 13.1 Å². The first kappa shape index (κ1) is 16.7. The fraction of sp³-hybridized carbons (Fsp3) is 0.562. The highest BCUT2D eigenvalue weighted by Crippen LogP contribution is 2.17. The largest absolute Gasteiger partial charge is 0.481 e. The normalized spacial score (nSPS) is 13.5. The van der Waals surface area contributed by atoms with E-state index in [1.165, 1.54) is 0 Å². The van der Waals surface area contributed by atoms with Gasteiger partial charge < -0.3 is 10.2 Å². The van der Waals surface area contributed by atoms with Crippen LogP contribution in [0.5, 0.6) is 0 Å². The molecule has 0 heterocycles. The minimum atomic E-state index is -0.810. The van der Waals surface area contributed by atoms with Crippen molar-refractivity contribution < 1.29 is 15.0 Å². The van der Waals surface area contributed by atoms with Gasteiger partial charge in [0.15, 0.2) is 0 Å². The number of carboxylic acids is 1. The minimum Gasteiger partial charge on any atom is -0.481 e. The number of hydrogen-bond acceptors (Lipinski definition) is 3. The van der Waals surface area contributed by atoms with Gasteiger partial charge in [-0.15, -0.1) is 0 Å². The van der Waals surface area contributed by atoms with E-state index in [-0.39, 0.29) is 0 Å². The molecule has 4 heteroatoms. The molecule has 1 rings (SSSR count). The molecule has 0 fully saturated rings. The lowest BCUT2D eigenvalue weighted by Gasteiger charge is -2.28. The molecule has 2 N–H and O–H groups in total. The number of benzene rings is 1. The molecule has 0 spiro atoms. The third kappa shape index (κ3) is 5.31. The van der Waals surface area contributed by atoms with E-state index in [0.29, 0.717) is 6.54 Å². The monoisotopic (exact) mass is 279 g/mol. The molecule has 1 atom stereocenters. The number of likely N-dealkylation sites (N-methyl/N-ethyl adjacent to an activating group) is 1. The van der Waals surface area contributed by atoms with Gasteiger partial charge in [0, 0.05) is 13.1 Å². The molecule has 1 aromatic carbocycles. The van der Waals surface area contributed by atoms with E-state index in [2.05, 4.69) is 11.8 Å². The Morgan fingerprint density at radius 1 is 1.30 bits per heavy atom. The van der Waals surface area contributed by atoms with E-state index in [9.17, 15) is 9.90 Å². The maximum atomic E-state index is 10.9. The lowest BCUT2D eigenvalue weighted by molar-refractivity contribution is -0.138. The van der Waals surface area contributed by atoms with Crippen LogP contribution in [0.4, 0.5) is 0 Å². The molecular weight excluding hydrogens is 254 g/mol. The maximum Gasteiger partial charge on any atom is 0.310 e. The van der Waals surface area contributed by atoms with Gasteiger partial charge in [-0.1, -0.05) is 31.2 Å². The van der Waals surface area contributed by atoms with Crippen molar-refractivity contribution in [3.8, 4) is 0 Å². The standard InChI is InChI=1S/C16H25NO3/c1-5-17(11-16(3,4)20)10-13-6-8-14(9-7-13)12(2)15(18)19/h6-9,12,20H,5,10-11H2,1-4H3,(H,18,19). The van der Waals surface area contributed by atoms with Crippen molar-refractivity contribution in [3.63, 3.8) is 0 Å². The van der Waals surface area contributed by atoms with E-state index >= 15 is 0 Å². The number of rotatable bonds is 7. The average Bonchev–Trinajstić information content (AvgIpc) is 2.36. The number of nitrogens with zero attached hydrogens (tertiary/aromatic N) is 1. The number of aliphatic carboxylic acids is 1. The highest BCUT2D eigenvalue weighted by molar-refractivity contribution is 5.75. The van der Waals surface area contributed by atoms with E-state index in [1.54, 1.807) is 20.8 Å². The second-order valence-corrected chi connectivity index (χ2v) is 5.92. The third-order valence-electron chi connectivity index (χ3n) is 3.31. The van der Waals surface area contributed by atoms with Gasteiger partial charge in [-0.3, -0.25) is 9.69 Å². The second-order valence-electron chi connectivity index (χ2n) is 5.92. The van der Waals surface area contributed by atoms with Crippen LogP contribution in [0, 0.1) is 0 Å². The third-order valence-corrected chi connectivity index (χ3v) is 3.31. The fourth-order valence-corrected chi connectivity index (χ4v) is 2.14. The molecule has 0 aliphatic rings. The highest BCUT2D eigenvalue weighted by atomic mass is 16.4. The zero-order chi connectivity index (χ0) is 15.3. The molecule has 0 saturated heterocycles. The average molecular weight is 279 g/mol. The summed E-state index contributed by atoms with van der Waals surface area (Å²) in [4.78, 5) is 13.1. The van der Waals surface area contributed by atoms with E-state index in [0.717, 1.165) is 24.2 Å². The lowest BCUT2D eigenvalue weighted by Crippen LogP contribution is -2.38. The van der Waals surface area contributed by atoms with Gasteiger partial charge in [0.1, 0.15) is 0 Å². The number of carbonyl (C=O) groups is 1. The Balaban J connectivity index is 2.71. The molecule has 0 aromatic heterocycles. The van der Waals surface area contributed by atoms with Crippen molar-refractivity contribution in [1.82, 2.24) is 4.90 Å². The topological polar surface area (TPSA) is 60.8 Å². The van der Waals surface area contributed by atoms with Gasteiger partial charge in [0.2, 0.25) is 0 Å². The zero-order valence-electron chi connectivity index (χ0n) is 12.8. The van der Waals surface area contributed by atoms with Crippen LogP contribution in [0.15, 0.2) is 24.3 Å². The Labute approximate surface area is 121 Å². The molecule has 0 saturated carbocycles. The fourth-order valence-electron chi connectivity index (χ4n) is 2.14. The molecule has 0 bridgehead atoms. The molecule has 0 aliphatic heterocycles. The summed E-state index contributed by atoms with van der Waals surface area (Å²) in [6, 6.07) is 7.65. The first-order chi connectivity index (χ1) is 9.23. The van der Waals surface area contributed by atoms with Crippen LogP contribution in [-0.4, -0.2) is 39.8 Å². The van der Waals surface area contributed by atoms with Crippen molar-refractivity contribution in [1.29, 1.82) is 0 Å². The SMILES string of the molecule is CCN(Cc1ccc(C(C)C(=O)O)cc1)CC(C)(C)O. The van der Waals surface area contributed by atoms with Crippen LogP contribution < -0.4 is 0 Å². The molecule has 0 aliphatic carbocycles. The van der Waals surface area contributed by atoms with Crippen molar-refractivity contribution >= 4 is 5.97 Å². The predicted molar refractivity (Wildman–Crippen MR) is 79.7 cm³/mol. The Hall–Kier alpha value is -1.39. The first-order valence-electron chi connectivity index (χ1n) is 6.99. The molecule has 0 radical (unpaired) electrons. The van der Waals surface area contributed by atoms with E-state index in [1.807, 2.05) is 24.3 Å². The van der Waals surface area contributed by atoms with Crippen LogP contribution in [-0.2, 0) is 11.3 Å². The van der Waals surface area contributed by atoms with Crippen molar-refractivity contribution in [2.45, 2.75) is 45.8 Å². The van der Waals surface area contributed by atoms with Crippen molar-refractivity contribution in [3.05, 3.63) is 35.4 Å². The Bertz CT molecular complexity index is 434. The molecule has 112 valence electrons. The summed E-state index contributed by atoms with van der Waals surface area (Å²) in [7, 11) is 0. The Kier molecular flexibility index (Phi) is 5.72. The smallest absolute Gasteiger partial charge is 0.310 e. The maximum absolute atomic E-state index is 10.9. The predicted octanol–water partition coefficient (Wildman–Crippen LogP) is 2.47. The van der Waals surface area contributed by atoms with Crippen LogP contribution in [0.2, 0.25) is 0 Å². The van der Waals surface area contributed by atoms with Crippen molar-refractivity contribution in [2.24, 2.45) is 0 Å².